The summed E-state index contributed by atoms with van der Waals surface area (Å²) in [6.07, 6.45) is 3.44. The van der Waals surface area contributed by atoms with Crippen LogP contribution in [-0.2, 0) is 0 Å². The molecule has 1 heterocycles. The van der Waals surface area contributed by atoms with Gasteiger partial charge in [0.1, 0.15) is 6.33 Å². The minimum absolute atomic E-state index is 0.176. The molecule has 1 aromatic heterocycles. The molecule has 0 radical (unpaired) electrons. The van der Waals surface area contributed by atoms with E-state index in [1.54, 1.807) is 0 Å². The Labute approximate surface area is 75.6 Å². The van der Waals surface area contributed by atoms with Gasteiger partial charge in [0.2, 0.25) is 0 Å². The molecule has 68 valence electrons. The Kier molecular flexibility index (Phi) is 1.76. The molecule has 1 aliphatic rings. The van der Waals surface area contributed by atoms with Gasteiger partial charge in [-0.15, -0.1) is 0 Å². The van der Waals surface area contributed by atoms with Crippen molar-refractivity contribution >= 4 is 5.97 Å². The number of nitrogens with zero attached hydrogens (tertiary/aromatic N) is 2. The zero-order valence-corrected chi connectivity index (χ0v) is 7.32. The zero-order valence-electron chi connectivity index (χ0n) is 7.32. The summed E-state index contributed by atoms with van der Waals surface area (Å²) < 4.78 is 0. The van der Waals surface area contributed by atoms with E-state index in [0.29, 0.717) is 5.92 Å². The number of hydrogen-bond donors (Lipinski definition) is 1. The Balaban J connectivity index is 2.53. The molecular formula is C9H10N2O2. The van der Waals surface area contributed by atoms with Gasteiger partial charge in [-0.3, -0.25) is 0 Å². The molecule has 2 rings (SSSR count). The van der Waals surface area contributed by atoms with Gasteiger partial charge in [0, 0.05) is 11.3 Å². The van der Waals surface area contributed by atoms with Crippen LogP contribution >= 0.6 is 0 Å². The number of hydrogen-bond acceptors (Lipinski definition) is 3. The fraction of sp³-hybridized carbons (Fsp3) is 0.444. The lowest BCUT2D eigenvalue weighted by Gasteiger charge is -2.05. The molecule has 0 aromatic carbocycles. The molecule has 0 unspecified atom stereocenters. The maximum Gasteiger partial charge on any atom is 0.354 e. The van der Waals surface area contributed by atoms with Crippen LogP contribution in [-0.4, -0.2) is 21.0 Å². The van der Waals surface area contributed by atoms with Gasteiger partial charge >= 0.3 is 5.97 Å². The van der Waals surface area contributed by atoms with Crippen molar-refractivity contribution < 1.29 is 9.90 Å². The first-order valence-electron chi connectivity index (χ1n) is 4.25. The van der Waals surface area contributed by atoms with Crippen LogP contribution in [0.15, 0.2) is 6.33 Å². The molecule has 1 aromatic rings. The highest BCUT2D eigenvalue weighted by atomic mass is 16.4. The van der Waals surface area contributed by atoms with Crippen molar-refractivity contribution in [2.75, 3.05) is 0 Å². The maximum atomic E-state index is 10.8. The molecule has 0 atom stereocenters. The number of aryl methyl sites for hydroxylation is 1. The Morgan fingerprint density at radius 1 is 1.54 bits per heavy atom. The van der Waals surface area contributed by atoms with Gasteiger partial charge in [0.05, 0.1) is 0 Å². The normalized spacial score (nSPS) is 15.8. The van der Waals surface area contributed by atoms with Crippen molar-refractivity contribution in [2.45, 2.75) is 25.7 Å². The number of carbonyl (C=O) groups is 1. The summed E-state index contributed by atoms with van der Waals surface area (Å²) in [5.41, 5.74) is 1.81. The smallest absolute Gasteiger partial charge is 0.354 e. The molecule has 0 amide bonds. The third-order valence-corrected chi connectivity index (χ3v) is 2.27. The lowest BCUT2D eigenvalue weighted by Crippen LogP contribution is -2.07. The SMILES string of the molecule is Cc1ncnc(C(=O)O)c1C1CC1. The fourth-order valence-corrected chi connectivity index (χ4v) is 1.51. The second kappa shape index (κ2) is 2.80. The monoisotopic (exact) mass is 178 g/mol. The summed E-state index contributed by atoms with van der Waals surface area (Å²) in [7, 11) is 0. The van der Waals surface area contributed by atoms with Gasteiger partial charge in [-0.05, 0) is 25.7 Å². The van der Waals surface area contributed by atoms with Crippen molar-refractivity contribution in [3.8, 4) is 0 Å². The van der Waals surface area contributed by atoms with E-state index in [1.807, 2.05) is 6.92 Å². The van der Waals surface area contributed by atoms with Gasteiger partial charge in [-0.2, -0.15) is 0 Å². The zero-order chi connectivity index (χ0) is 9.42. The average molecular weight is 178 g/mol. The van der Waals surface area contributed by atoms with E-state index >= 15 is 0 Å². The highest BCUT2D eigenvalue weighted by molar-refractivity contribution is 5.87. The molecule has 0 aliphatic heterocycles. The maximum absolute atomic E-state index is 10.8. The molecule has 1 aliphatic carbocycles. The highest BCUT2D eigenvalue weighted by Crippen LogP contribution is 2.42. The minimum Gasteiger partial charge on any atom is -0.477 e. The molecule has 0 bridgehead atoms. The Morgan fingerprint density at radius 3 is 2.77 bits per heavy atom. The minimum atomic E-state index is -0.951. The molecule has 1 fully saturated rings. The molecule has 1 saturated carbocycles. The lowest BCUT2D eigenvalue weighted by atomic mass is 10.1. The number of carboxylic acid groups (broad SMARTS) is 1. The van der Waals surface area contributed by atoms with Gasteiger partial charge in [0.25, 0.3) is 0 Å². The summed E-state index contributed by atoms with van der Waals surface area (Å²) in [5, 5.41) is 8.88. The lowest BCUT2D eigenvalue weighted by molar-refractivity contribution is 0.0688. The van der Waals surface area contributed by atoms with E-state index in [2.05, 4.69) is 9.97 Å². The topological polar surface area (TPSA) is 63.1 Å². The third-order valence-electron chi connectivity index (χ3n) is 2.27. The van der Waals surface area contributed by atoms with E-state index in [-0.39, 0.29) is 5.69 Å². The van der Waals surface area contributed by atoms with Crippen LogP contribution in [0.2, 0.25) is 0 Å². The van der Waals surface area contributed by atoms with Crippen LogP contribution in [0, 0.1) is 6.92 Å². The first kappa shape index (κ1) is 8.16. The summed E-state index contributed by atoms with van der Waals surface area (Å²) >= 11 is 0. The van der Waals surface area contributed by atoms with Crippen LogP contribution in [0.1, 0.15) is 40.5 Å². The molecule has 1 N–H and O–H groups in total. The van der Waals surface area contributed by atoms with Crippen LogP contribution in [0.25, 0.3) is 0 Å². The van der Waals surface area contributed by atoms with E-state index in [0.717, 1.165) is 24.1 Å². The number of rotatable bonds is 2. The van der Waals surface area contributed by atoms with Gasteiger partial charge in [-0.1, -0.05) is 0 Å². The van der Waals surface area contributed by atoms with Crippen molar-refractivity contribution in [1.29, 1.82) is 0 Å². The van der Waals surface area contributed by atoms with Crippen LogP contribution in [0.5, 0.6) is 0 Å². The average Bonchev–Trinajstić information content (AvgIpc) is 2.86. The molecule has 0 saturated heterocycles. The number of aromatic carboxylic acids is 1. The van der Waals surface area contributed by atoms with Gasteiger partial charge in [-0.25, -0.2) is 14.8 Å². The molecular weight excluding hydrogens is 168 g/mol. The first-order valence-corrected chi connectivity index (χ1v) is 4.25. The predicted molar refractivity (Wildman–Crippen MR) is 45.7 cm³/mol. The van der Waals surface area contributed by atoms with Crippen LogP contribution in [0.3, 0.4) is 0 Å². The predicted octanol–water partition coefficient (Wildman–Crippen LogP) is 1.36. The van der Waals surface area contributed by atoms with Gasteiger partial charge < -0.3 is 5.11 Å². The second-order valence-electron chi connectivity index (χ2n) is 3.30. The van der Waals surface area contributed by atoms with Crippen molar-refractivity contribution in [3.63, 3.8) is 0 Å². The largest absolute Gasteiger partial charge is 0.477 e. The van der Waals surface area contributed by atoms with E-state index in [1.165, 1.54) is 6.33 Å². The van der Waals surface area contributed by atoms with Crippen molar-refractivity contribution in [1.82, 2.24) is 9.97 Å². The van der Waals surface area contributed by atoms with Crippen LogP contribution in [0.4, 0.5) is 0 Å². The third kappa shape index (κ3) is 1.39. The Hall–Kier alpha value is -1.45. The molecule has 13 heavy (non-hydrogen) atoms. The quantitative estimate of drug-likeness (QED) is 0.742. The van der Waals surface area contributed by atoms with E-state index in [4.69, 9.17) is 5.11 Å². The summed E-state index contributed by atoms with van der Waals surface area (Å²) in [4.78, 5) is 18.6. The summed E-state index contributed by atoms with van der Waals surface area (Å²) in [5.74, 6) is -0.570. The van der Waals surface area contributed by atoms with Crippen molar-refractivity contribution in [2.24, 2.45) is 0 Å². The Morgan fingerprint density at radius 2 is 2.23 bits per heavy atom. The van der Waals surface area contributed by atoms with E-state index in [9.17, 15) is 4.79 Å². The standard InChI is InChI=1S/C9H10N2O2/c1-5-7(6-2-3-6)8(9(12)13)11-4-10-5/h4,6H,2-3H2,1H3,(H,12,13). The van der Waals surface area contributed by atoms with Crippen LogP contribution < -0.4 is 0 Å². The number of aromatic nitrogens is 2. The molecule has 4 heteroatoms. The van der Waals surface area contributed by atoms with Gasteiger partial charge in [0.15, 0.2) is 5.69 Å². The second-order valence-corrected chi connectivity index (χ2v) is 3.30. The van der Waals surface area contributed by atoms with E-state index < -0.39 is 5.97 Å². The summed E-state index contributed by atoms with van der Waals surface area (Å²) in [6.45, 7) is 1.84. The molecule has 4 nitrogen and oxygen atoms in total. The highest BCUT2D eigenvalue weighted by Gasteiger charge is 2.30. The Bertz CT molecular complexity index is 359. The molecule has 0 spiro atoms. The fourth-order valence-electron chi connectivity index (χ4n) is 1.51. The van der Waals surface area contributed by atoms with Crippen molar-refractivity contribution in [3.05, 3.63) is 23.3 Å². The number of carboxylic acids is 1. The first-order chi connectivity index (χ1) is 6.20. The summed E-state index contributed by atoms with van der Waals surface area (Å²) in [6, 6.07) is 0.